The summed E-state index contributed by atoms with van der Waals surface area (Å²) in [5.41, 5.74) is 0.0350. The van der Waals surface area contributed by atoms with E-state index in [0.717, 1.165) is 49.1 Å². The van der Waals surface area contributed by atoms with Crippen molar-refractivity contribution in [2.24, 2.45) is 11.1 Å². The molecule has 1 saturated heterocycles. The van der Waals surface area contributed by atoms with Crippen LogP contribution in [0, 0.1) is 5.92 Å². The summed E-state index contributed by atoms with van der Waals surface area (Å²) in [5, 5.41) is 13.7. The van der Waals surface area contributed by atoms with Gasteiger partial charge in [0.05, 0.1) is 18.2 Å². The van der Waals surface area contributed by atoms with Crippen LogP contribution in [0.25, 0.3) is 0 Å². The largest absolute Gasteiger partial charge is 0.416 e. The standard InChI is InChI=1S/C17H20BrF3N2O2/c18-16-9-15(25-22-16)12-5-7-23(8-6-12)14(10-24)11-1-3-13(4-2-11)17(19,20)21/h1-4,12,14-15,24H,5-10H2. The predicted molar refractivity (Wildman–Crippen MR) is 91.4 cm³/mol. The van der Waals surface area contributed by atoms with Gasteiger partial charge in [0.25, 0.3) is 0 Å². The summed E-state index contributed by atoms with van der Waals surface area (Å²) < 4.78 is 38.9. The van der Waals surface area contributed by atoms with Crippen LogP contribution in [0.15, 0.2) is 29.4 Å². The van der Waals surface area contributed by atoms with E-state index in [0.29, 0.717) is 11.5 Å². The Hall–Kier alpha value is -1.12. The minimum atomic E-state index is -4.34. The first kappa shape index (κ1) is 18.7. The number of aliphatic hydroxyl groups is 1. The number of oxime groups is 1. The maximum absolute atomic E-state index is 12.7. The van der Waals surface area contributed by atoms with Gasteiger partial charge in [0.1, 0.15) is 10.7 Å². The number of hydrogen-bond acceptors (Lipinski definition) is 4. The molecule has 4 nitrogen and oxygen atoms in total. The normalized spacial score (nSPS) is 24.0. The van der Waals surface area contributed by atoms with Crippen LogP contribution in [0.5, 0.6) is 0 Å². The number of halogens is 4. The zero-order valence-electron chi connectivity index (χ0n) is 13.5. The maximum atomic E-state index is 12.7. The Labute approximate surface area is 152 Å². The van der Waals surface area contributed by atoms with Gasteiger partial charge in [0.15, 0.2) is 0 Å². The summed E-state index contributed by atoms with van der Waals surface area (Å²) in [5.74, 6) is 0.405. The number of piperidine rings is 1. The lowest BCUT2D eigenvalue weighted by atomic mass is 9.88. The molecule has 0 aliphatic carbocycles. The number of alkyl halides is 3. The van der Waals surface area contributed by atoms with E-state index in [4.69, 9.17) is 4.84 Å². The van der Waals surface area contributed by atoms with Gasteiger partial charge in [-0.25, -0.2) is 0 Å². The SMILES string of the molecule is OCC(c1ccc(C(F)(F)F)cc1)N1CCC(C2CC(Br)=NO2)CC1. The van der Waals surface area contributed by atoms with Crippen LogP contribution < -0.4 is 0 Å². The van der Waals surface area contributed by atoms with Gasteiger partial charge in [-0.05, 0) is 59.6 Å². The second-order valence-corrected chi connectivity index (χ2v) is 7.42. The van der Waals surface area contributed by atoms with Crippen molar-refractivity contribution in [3.63, 3.8) is 0 Å². The molecule has 0 aromatic heterocycles. The molecular formula is C17H20BrF3N2O2. The molecule has 3 rings (SSSR count). The Bertz CT molecular complexity index is 613. The molecule has 1 fully saturated rings. The fraction of sp³-hybridized carbons (Fsp3) is 0.588. The first-order valence-corrected chi connectivity index (χ1v) is 9.08. The summed E-state index contributed by atoms with van der Waals surface area (Å²) in [6, 6.07) is 4.79. The lowest BCUT2D eigenvalue weighted by Gasteiger charge is -2.38. The van der Waals surface area contributed by atoms with E-state index in [1.807, 2.05) is 0 Å². The molecule has 2 unspecified atom stereocenters. The molecule has 2 heterocycles. The monoisotopic (exact) mass is 420 g/mol. The number of aliphatic hydroxyl groups excluding tert-OH is 1. The molecule has 8 heteroatoms. The van der Waals surface area contributed by atoms with E-state index in [2.05, 4.69) is 26.0 Å². The molecular weight excluding hydrogens is 401 g/mol. The predicted octanol–water partition coefficient (Wildman–Crippen LogP) is 3.95. The van der Waals surface area contributed by atoms with Crippen LogP contribution >= 0.6 is 15.9 Å². The molecule has 2 aliphatic heterocycles. The molecule has 2 aliphatic rings. The van der Waals surface area contributed by atoms with Gasteiger partial charge in [0.2, 0.25) is 0 Å². The molecule has 1 aromatic carbocycles. The van der Waals surface area contributed by atoms with Crippen molar-refractivity contribution in [2.75, 3.05) is 19.7 Å². The second kappa shape index (κ2) is 7.63. The number of benzene rings is 1. The molecule has 0 saturated carbocycles. The van der Waals surface area contributed by atoms with E-state index in [9.17, 15) is 18.3 Å². The van der Waals surface area contributed by atoms with Gasteiger partial charge < -0.3 is 9.94 Å². The van der Waals surface area contributed by atoms with Crippen molar-refractivity contribution < 1.29 is 23.1 Å². The van der Waals surface area contributed by atoms with E-state index in [1.54, 1.807) is 0 Å². The highest BCUT2D eigenvalue weighted by Crippen LogP contribution is 2.34. The maximum Gasteiger partial charge on any atom is 0.416 e. The molecule has 0 radical (unpaired) electrons. The van der Waals surface area contributed by atoms with Crippen LogP contribution in [0.2, 0.25) is 0 Å². The topological polar surface area (TPSA) is 45.1 Å². The fourth-order valence-corrected chi connectivity index (χ4v) is 3.95. The highest BCUT2D eigenvalue weighted by atomic mass is 79.9. The molecule has 138 valence electrons. The summed E-state index contributed by atoms with van der Waals surface area (Å²) in [6.07, 6.45) is -1.64. The third-order valence-electron chi connectivity index (χ3n) is 4.99. The minimum Gasteiger partial charge on any atom is -0.394 e. The average Bonchev–Trinajstić information content (AvgIpc) is 3.02. The zero-order chi connectivity index (χ0) is 18.0. The Morgan fingerprint density at radius 3 is 2.36 bits per heavy atom. The van der Waals surface area contributed by atoms with Gasteiger partial charge in [-0.2, -0.15) is 13.2 Å². The van der Waals surface area contributed by atoms with E-state index in [-0.39, 0.29) is 18.8 Å². The quantitative estimate of drug-likeness (QED) is 0.801. The van der Waals surface area contributed by atoms with Crippen molar-refractivity contribution in [2.45, 2.75) is 37.6 Å². The molecule has 25 heavy (non-hydrogen) atoms. The van der Waals surface area contributed by atoms with Crippen LogP contribution in [-0.4, -0.2) is 40.4 Å². The van der Waals surface area contributed by atoms with Crippen molar-refractivity contribution in [3.8, 4) is 0 Å². The average molecular weight is 421 g/mol. The highest BCUT2D eigenvalue weighted by Gasteiger charge is 2.34. The lowest BCUT2D eigenvalue weighted by molar-refractivity contribution is -0.137. The minimum absolute atomic E-state index is 0.0928. The number of rotatable bonds is 4. The summed E-state index contributed by atoms with van der Waals surface area (Å²) >= 11 is 3.34. The fourth-order valence-electron chi connectivity index (χ4n) is 3.55. The molecule has 0 bridgehead atoms. The van der Waals surface area contributed by atoms with Crippen LogP contribution in [-0.2, 0) is 11.0 Å². The number of likely N-dealkylation sites (tertiary alicyclic amines) is 1. The van der Waals surface area contributed by atoms with Crippen LogP contribution in [0.3, 0.4) is 0 Å². The third-order valence-corrected chi connectivity index (χ3v) is 5.46. The smallest absolute Gasteiger partial charge is 0.394 e. The van der Waals surface area contributed by atoms with Crippen LogP contribution in [0.1, 0.15) is 36.4 Å². The van der Waals surface area contributed by atoms with Gasteiger partial charge in [-0.1, -0.05) is 17.3 Å². The Kier molecular flexibility index (Phi) is 5.70. The van der Waals surface area contributed by atoms with Crippen molar-refractivity contribution in [1.82, 2.24) is 4.90 Å². The molecule has 2 atom stereocenters. The molecule has 0 amide bonds. The first-order chi connectivity index (χ1) is 11.9. The van der Waals surface area contributed by atoms with E-state index < -0.39 is 11.7 Å². The van der Waals surface area contributed by atoms with Crippen LogP contribution in [0.4, 0.5) is 13.2 Å². The van der Waals surface area contributed by atoms with Crippen molar-refractivity contribution in [3.05, 3.63) is 35.4 Å². The first-order valence-electron chi connectivity index (χ1n) is 8.28. The zero-order valence-corrected chi connectivity index (χ0v) is 15.1. The van der Waals surface area contributed by atoms with Gasteiger partial charge in [-0.3, -0.25) is 4.90 Å². The number of nitrogens with zero attached hydrogens (tertiary/aromatic N) is 2. The summed E-state index contributed by atoms with van der Waals surface area (Å²) in [4.78, 5) is 7.55. The number of hydrogen-bond donors (Lipinski definition) is 1. The second-order valence-electron chi connectivity index (χ2n) is 6.51. The summed E-state index contributed by atoms with van der Waals surface area (Å²) in [6.45, 7) is 1.42. The molecule has 1 aromatic rings. The Morgan fingerprint density at radius 2 is 1.88 bits per heavy atom. The van der Waals surface area contributed by atoms with E-state index in [1.165, 1.54) is 12.1 Å². The van der Waals surface area contributed by atoms with Gasteiger partial charge >= 0.3 is 6.18 Å². The van der Waals surface area contributed by atoms with Gasteiger partial charge in [-0.15, -0.1) is 0 Å². The lowest BCUT2D eigenvalue weighted by Crippen LogP contribution is -2.41. The van der Waals surface area contributed by atoms with Gasteiger partial charge in [0, 0.05) is 12.3 Å². The molecule has 0 spiro atoms. The van der Waals surface area contributed by atoms with Crippen molar-refractivity contribution in [1.29, 1.82) is 0 Å². The van der Waals surface area contributed by atoms with Crippen molar-refractivity contribution >= 4 is 20.6 Å². The third kappa shape index (κ3) is 4.35. The highest BCUT2D eigenvalue weighted by molar-refractivity contribution is 9.18. The van der Waals surface area contributed by atoms with E-state index >= 15 is 0 Å². The summed E-state index contributed by atoms with van der Waals surface area (Å²) in [7, 11) is 0. The Morgan fingerprint density at radius 1 is 1.24 bits per heavy atom. The Balaban J connectivity index is 1.61. The molecule has 1 N–H and O–H groups in total.